The van der Waals surface area contributed by atoms with Gasteiger partial charge in [0.05, 0.1) is 0 Å². The van der Waals surface area contributed by atoms with Crippen molar-refractivity contribution in [1.82, 2.24) is 9.55 Å². The van der Waals surface area contributed by atoms with Gasteiger partial charge in [-0.1, -0.05) is 12.2 Å². The molecule has 1 saturated heterocycles. The zero-order valence-corrected chi connectivity index (χ0v) is 11.6. The quantitative estimate of drug-likeness (QED) is 0.734. The van der Waals surface area contributed by atoms with Crippen LogP contribution < -0.4 is 0 Å². The summed E-state index contributed by atoms with van der Waals surface area (Å²) in [5.41, 5.74) is -3.09. The fraction of sp³-hybridized carbons (Fsp3) is 0.600. The van der Waals surface area contributed by atoms with Gasteiger partial charge in [-0.2, -0.15) is 0 Å². The standard InChI is InChI=1S/C10H11F3N2O3S2/c11-3-9(12)6(17)10(13,4-16)18-7(9)15-2-1-5(19)14-8(15)20/h1-2,6-7,16-17H,3-4H2,(H,14,19,20)/t6?,7-,9-,10-/m1/s1. The van der Waals surface area contributed by atoms with Gasteiger partial charge in [-0.3, -0.25) is 4.57 Å². The van der Waals surface area contributed by atoms with Gasteiger partial charge in [0.25, 0.3) is 5.85 Å². The third-order valence-electron chi connectivity index (χ3n) is 3.11. The van der Waals surface area contributed by atoms with Gasteiger partial charge < -0.3 is 19.9 Å². The number of hydrogen-bond acceptors (Lipinski definition) is 5. The van der Waals surface area contributed by atoms with Crippen LogP contribution in [-0.4, -0.2) is 50.7 Å². The minimum atomic E-state index is -3.12. The lowest BCUT2D eigenvalue weighted by Gasteiger charge is -2.26. The molecular formula is C10H11F3N2O3S2. The zero-order chi connectivity index (χ0) is 15.1. The first-order valence-corrected chi connectivity index (χ1v) is 6.32. The molecule has 0 radical (unpaired) electrons. The lowest BCUT2D eigenvalue weighted by molar-refractivity contribution is -0.207. The lowest BCUT2D eigenvalue weighted by Crippen LogP contribution is -2.49. The summed E-state index contributed by atoms with van der Waals surface area (Å²) < 4.78 is 47.3. The van der Waals surface area contributed by atoms with Crippen LogP contribution in [0.1, 0.15) is 6.23 Å². The average Bonchev–Trinajstić information content (AvgIpc) is 2.62. The summed E-state index contributed by atoms with van der Waals surface area (Å²) in [6.45, 7) is -3.05. The molecule has 10 heteroatoms. The molecule has 3 N–H and O–H groups in total. The van der Waals surface area contributed by atoms with Gasteiger partial charge in [-0.25, -0.2) is 13.2 Å². The van der Waals surface area contributed by atoms with Crippen LogP contribution in [0.4, 0.5) is 13.2 Å². The molecule has 1 aromatic rings. The van der Waals surface area contributed by atoms with Crippen molar-refractivity contribution < 1.29 is 28.1 Å². The summed E-state index contributed by atoms with van der Waals surface area (Å²) in [6.07, 6.45) is -3.19. The highest BCUT2D eigenvalue weighted by Crippen LogP contribution is 2.47. The molecule has 2 heterocycles. The fourth-order valence-electron chi connectivity index (χ4n) is 2.00. The predicted molar refractivity (Wildman–Crippen MR) is 67.3 cm³/mol. The number of ether oxygens (including phenoxy) is 1. The second-order valence-corrected chi connectivity index (χ2v) is 5.22. The van der Waals surface area contributed by atoms with Crippen molar-refractivity contribution >= 4 is 24.4 Å². The van der Waals surface area contributed by atoms with Gasteiger partial charge in [-0.05, 0) is 18.3 Å². The molecule has 0 amide bonds. The first kappa shape index (κ1) is 15.6. The molecule has 1 aliphatic rings. The van der Waals surface area contributed by atoms with Crippen molar-refractivity contribution in [2.45, 2.75) is 23.9 Å². The number of halogens is 3. The molecule has 0 spiro atoms. The number of rotatable bonds is 3. The predicted octanol–water partition coefficient (Wildman–Crippen LogP) is 1.50. The number of aromatic nitrogens is 2. The van der Waals surface area contributed by atoms with Crippen molar-refractivity contribution in [3.05, 3.63) is 21.7 Å². The van der Waals surface area contributed by atoms with Crippen LogP contribution in [0.2, 0.25) is 0 Å². The van der Waals surface area contributed by atoms with E-state index < -0.39 is 37.1 Å². The van der Waals surface area contributed by atoms with E-state index in [1.807, 2.05) is 0 Å². The Kier molecular flexibility index (Phi) is 4.04. The molecule has 1 fully saturated rings. The Morgan fingerprint density at radius 2 is 2.10 bits per heavy atom. The Hall–Kier alpha value is -0.810. The smallest absolute Gasteiger partial charge is 0.264 e. The van der Waals surface area contributed by atoms with E-state index in [1.165, 1.54) is 12.3 Å². The van der Waals surface area contributed by atoms with E-state index in [9.17, 15) is 18.3 Å². The van der Waals surface area contributed by atoms with E-state index >= 15 is 0 Å². The van der Waals surface area contributed by atoms with E-state index in [0.717, 1.165) is 4.57 Å². The Balaban J connectivity index is 2.55. The van der Waals surface area contributed by atoms with Crippen molar-refractivity contribution in [3.63, 3.8) is 0 Å². The maximum absolute atomic E-state index is 14.5. The highest BCUT2D eigenvalue weighted by molar-refractivity contribution is 7.72. The van der Waals surface area contributed by atoms with Gasteiger partial charge in [0.1, 0.15) is 17.9 Å². The van der Waals surface area contributed by atoms with E-state index in [0.29, 0.717) is 0 Å². The Bertz CT molecular complexity index is 624. The summed E-state index contributed by atoms with van der Waals surface area (Å²) in [5, 5.41) is 18.5. The van der Waals surface area contributed by atoms with Crippen molar-refractivity contribution in [2.24, 2.45) is 0 Å². The third kappa shape index (κ3) is 2.21. The Morgan fingerprint density at radius 3 is 2.60 bits per heavy atom. The summed E-state index contributed by atoms with van der Waals surface area (Å²) in [7, 11) is 0. The number of aliphatic hydroxyl groups excluding tert-OH is 2. The van der Waals surface area contributed by atoms with Crippen LogP contribution >= 0.6 is 24.4 Å². The van der Waals surface area contributed by atoms with Crippen molar-refractivity contribution in [2.75, 3.05) is 13.3 Å². The molecule has 1 unspecified atom stereocenters. The van der Waals surface area contributed by atoms with E-state index in [1.54, 1.807) is 0 Å². The van der Waals surface area contributed by atoms with Crippen LogP contribution in [0.3, 0.4) is 0 Å². The highest BCUT2D eigenvalue weighted by Gasteiger charge is 2.66. The van der Waals surface area contributed by atoms with Gasteiger partial charge in [0.15, 0.2) is 17.1 Å². The van der Waals surface area contributed by atoms with E-state index in [-0.39, 0.29) is 9.41 Å². The summed E-state index contributed by atoms with van der Waals surface area (Å²) >= 11 is 9.68. The topological polar surface area (TPSA) is 70.4 Å². The van der Waals surface area contributed by atoms with Gasteiger partial charge in [0, 0.05) is 6.20 Å². The number of aliphatic hydroxyl groups is 2. The molecule has 5 nitrogen and oxygen atoms in total. The number of nitrogens with zero attached hydrogens (tertiary/aromatic N) is 1. The van der Waals surface area contributed by atoms with Crippen LogP contribution in [0.25, 0.3) is 0 Å². The van der Waals surface area contributed by atoms with Crippen molar-refractivity contribution in [1.29, 1.82) is 0 Å². The minimum absolute atomic E-state index is 0.132. The van der Waals surface area contributed by atoms with Crippen LogP contribution in [-0.2, 0) is 4.74 Å². The number of alkyl halides is 3. The van der Waals surface area contributed by atoms with E-state index in [2.05, 4.69) is 9.72 Å². The number of H-pyrrole nitrogens is 1. The SMILES string of the molecule is OC[C@@]1(F)O[C@@H](n2ccc(=S)[nH]c2=S)[C@@](F)(CF)C1O. The fourth-order valence-corrected chi connectivity index (χ4v) is 2.49. The number of hydrogen-bond donors (Lipinski definition) is 3. The first-order chi connectivity index (χ1) is 9.28. The number of aromatic amines is 1. The second kappa shape index (κ2) is 5.19. The first-order valence-electron chi connectivity index (χ1n) is 5.50. The normalized spacial score (nSPS) is 37.2. The molecule has 0 aliphatic carbocycles. The molecule has 4 atom stereocenters. The summed E-state index contributed by atoms with van der Waals surface area (Å²) in [5.74, 6) is -3.12. The molecule has 2 rings (SSSR count). The highest BCUT2D eigenvalue weighted by atomic mass is 32.1. The van der Waals surface area contributed by atoms with Crippen LogP contribution in [0.5, 0.6) is 0 Å². The molecule has 20 heavy (non-hydrogen) atoms. The maximum Gasteiger partial charge on any atom is 0.264 e. The largest absolute Gasteiger partial charge is 0.390 e. The van der Waals surface area contributed by atoms with Crippen molar-refractivity contribution in [3.8, 4) is 0 Å². The second-order valence-electron chi connectivity index (χ2n) is 4.39. The Morgan fingerprint density at radius 1 is 1.45 bits per heavy atom. The number of nitrogens with one attached hydrogen (secondary N) is 1. The van der Waals surface area contributed by atoms with Crippen LogP contribution in [0.15, 0.2) is 12.3 Å². The molecule has 112 valence electrons. The molecule has 0 saturated carbocycles. The van der Waals surface area contributed by atoms with Gasteiger partial charge in [-0.15, -0.1) is 0 Å². The monoisotopic (exact) mass is 328 g/mol. The molecule has 0 aromatic carbocycles. The molecule has 1 aliphatic heterocycles. The summed E-state index contributed by atoms with van der Waals surface area (Å²) in [6, 6.07) is 1.32. The zero-order valence-electron chi connectivity index (χ0n) is 9.92. The lowest BCUT2D eigenvalue weighted by atomic mass is 9.96. The maximum atomic E-state index is 14.5. The minimum Gasteiger partial charge on any atom is -0.390 e. The van der Waals surface area contributed by atoms with Crippen LogP contribution in [0, 0.1) is 9.41 Å². The third-order valence-corrected chi connectivity index (χ3v) is 3.66. The Labute approximate surface area is 121 Å². The van der Waals surface area contributed by atoms with Gasteiger partial charge >= 0.3 is 0 Å². The molecule has 0 bridgehead atoms. The molecule has 1 aromatic heterocycles. The van der Waals surface area contributed by atoms with Gasteiger partial charge in [0.2, 0.25) is 5.67 Å². The van der Waals surface area contributed by atoms with E-state index in [4.69, 9.17) is 29.5 Å². The summed E-state index contributed by atoms with van der Waals surface area (Å²) in [4.78, 5) is 2.49. The average molecular weight is 328 g/mol. The molecular weight excluding hydrogens is 317 g/mol.